The fourth-order valence-electron chi connectivity index (χ4n) is 4.90. The molecule has 3 aromatic rings. The number of para-hydroxylation sites is 2. The molecule has 41 heavy (non-hydrogen) atoms. The molecule has 1 aliphatic heterocycles. The van der Waals surface area contributed by atoms with Gasteiger partial charge < -0.3 is 34.8 Å². The van der Waals surface area contributed by atoms with Crippen LogP contribution >= 0.6 is 11.6 Å². The number of carbonyl (C=O) groups excluding carboxylic acids is 2. The van der Waals surface area contributed by atoms with Gasteiger partial charge in [0.15, 0.2) is 5.75 Å². The zero-order valence-corrected chi connectivity index (χ0v) is 25.1. The zero-order valence-electron chi connectivity index (χ0n) is 24.4. The number of aldehydes is 2. The summed E-state index contributed by atoms with van der Waals surface area (Å²) in [5.74, 6) is 1.20. The number of hydrogen-bond acceptors (Lipinski definition) is 7. The summed E-state index contributed by atoms with van der Waals surface area (Å²) in [5, 5.41) is 7.20. The Morgan fingerprint density at radius 2 is 1.44 bits per heavy atom. The van der Waals surface area contributed by atoms with Gasteiger partial charge in [0.1, 0.15) is 18.3 Å². The molecule has 1 aliphatic carbocycles. The van der Waals surface area contributed by atoms with E-state index in [4.69, 9.17) is 16.3 Å². The monoisotopic (exact) mass is 578 g/mol. The lowest BCUT2D eigenvalue weighted by atomic mass is 10.1. The lowest BCUT2D eigenvalue weighted by molar-refractivity contribution is -0.107. The standard InChI is InChI=1S/C16H14ClNO3.C11H15N.C6H14N2/c17-13-5-7-14(8-6-13)21-16-4-2-1-3-15(16)18(9-11-19)10-12-20;1-12(2)11-7-9-5-3-4-6-10(9)8-11;1-7-6-2-4-8-5-3-6/h1-8,11-12H,9-10H2;3-6,11H,7-8H2,1-2H3;6-8H,2-5H2,1H3. The molecule has 2 aliphatic rings. The molecule has 0 amide bonds. The second kappa shape index (κ2) is 17.6. The lowest BCUT2D eigenvalue weighted by Crippen LogP contribution is -2.37. The highest BCUT2D eigenvalue weighted by Crippen LogP contribution is 2.32. The fraction of sp³-hybridized carbons (Fsp3) is 0.394. The van der Waals surface area contributed by atoms with Gasteiger partial charge >= 0.3 is 0 Å². The molecule has 7 nitrogen and oxygen atoms in total. The topological polar surface area (TPSA) is 73.9 Å². The number of rotatable bonds is 9. The Morgan fingerprint density at radius 3 is 1.95 bits per heavy atom. The van der Waals surface area contributed by atoms with Crippen LogP contribution in [-0.2, 0) is 22.4 Å². The van der Waals surface area contributed by atoms with Crippen molar-refractivity contribution in [3.05, 3.63) is 88.9 Å². The first-order chi connectivity index (χ1) is 19.9. The van der Waals surface area contributed by atoms with Crippen molar-refractivity contribution in [2.45, 2.75) is 37.8 Å². The van der Waals surface area contributed by atoms with Gasteiger partial charge in [0, 0.05) is 17.1 Å². The molecule has 5 rings (SSSR count). The largest absolute Gasteiger partial charge is 0.455 e. The average Bonchev–Trinajstić information content (AvgIpc) is 3.45. The molecule has 8 heteroatoms. The van der Waals surface area contributed by atoms with E-state index in [1.165, 1.54) is 49.9 Å². The Labute approximate surface area is 249 Å². The number of nitrogens with one attached hydrogen (secondary N) is 2. The molecule has 0 unspecified atom stereocenters. The van der Waals surface area contributed by atoms with E-state index in [1.54, 1.807) is 41.3 Å². The number of nitrogens with zero attached hydrogens (tertiary/aromatic N) is 2. The molecule has 0 spiro atoms. The molecule has 0 aromatic heterocycles. The Balaban J connectivity index is 0.000000193. The van der Waals surface area contributed by atoms with Gasteiger partial charge in [-0.3, -0.25) is 0 Å². The van der Waals surface area contributed by atoms with Crippen LogP contribution in [0, 0.1) is 0 Å². The quantitative estimate of drug-likeness (QED) is 0.346. The Bertz CT molecular complexity index is 1160. The number of piperidine rings is 1. The van der Waals surface area contributed by atoms with Crippen molar-refractivity contribution < 1.29 is 14.3 Å². The van der Waals surface area contributed by atoms with Crippen LogP contribution in [-0.4, -0.2) is 76.9 Å². The summed E-state index contributed by atoms with van der Waals surface area (Å²) in [5.41, 5.74) is 3.76. The van der Waals surface area contributed by atoms with E-state index in [-0.39, 0.29) is 13.1 Å². The Morgan fingerprint density at radius 1 is 0.878 bits per heavy atom. The SMILES string of the molecule is CN(C)C1Cc2ccccc2C1.CNC1CCNCC1.O=CCN(CC=O)c1ccccc1Oc1ccc(Cl)cc1. The number of benzene rings is 3. The molecule has 0 bridgehead atoms. The van der Waals surface area contributed by atoms with Gasteiger partial charge in [0.05, 0.1) is 18.8 Å². The van der Waals surface area contributed by atoms with E-state index in [9.17, 15) is 9.59 Å². The summed E-state index contributed by atoms with van der Waals surface area (Å²) >= 11 is 5.84. The summed E-state index contributed by atoms with van der Waals surface area (Å²) in [6, 6.07) is 24.5. The minimum atomic E-state index is 0.125. The van der Waals surface area contributed by atoms with Crippen LogP contribution in [0.2, 0.25) is 5.02 Å². The maximum atomic E-state index is 10.8. The van der Waals surface area contributed by atoms with E-state index in [0.717, 1.165) is 24.7 Å². The highest BCUT2D eigenvalue weighted by Gasteiger charge is 2.21. The second-order valence-corrected chi connectivity index (χ2v) is 10.8. The molecular weight excluding hydrogens is 536 g/mol. The van der Waals surface area contributed by atoms with E-state index in [0.29, 0.717) is 22.2 Å². The van der Waals surface area contributed by atoms with Gasteiger partial charge in [-0.05, 0) is 107 Å². The fourth-order valence-corrected chi connectivity index (χ4v) is 5.02. The third-order valence-corrected chi connectivity index (χ3v) is 7.60. The van der Waals surface area contributed by atoms with Crippen molar-refractivity contribution in [2.75, 3.05) is 52.2 Å². The van der Waals surface area contributed by atoms with Crippen molar-refractivity contribution >= 4 is 29.9 Å². The molecule has 2 N–H and O–H groups in total. The number of halogens is 1. The smallest absolute Gasteiger partial charge is 0.150 e. The van der Waals surface area contributed by atoms with Crippen LogP contribution in [0.4, 0.5) is 5.69 Å². The maximum Gasteiger partial charge on any atom is 0.150 e. The molecule has 220 valence electrons. The van der Waals surface area contributed by atoms with Crippen LogP contribution in [0.15, 0.2) is 72.8 Å². The lowest BCUT2D eigenvalue weighted by Gasteiger charge is -2.22. The molecular formula is C33H43ClN4O3. The number of carbonyl (C=O) groups is 2. The summed E-state index contributed by atoms with van der Waals surface area (Å²) in [7, 11) is 6.36. The Hall–Kier alpha value is -3.23. The third kappa shape index (κ3) is 10.6. The van der Waals surface area contributed by atoms with Crippen molar-refractivity contribution in [3.8, 4) is 11.5 Å². The number of likely N-dealkylation sites (N-methyl/N-ethyl adjacent to an activating group) is 1. The predicted molar refractivity (Wildman–Crippen MR) is 169 cm³/mol. The van der Waals surface area contributed by atoms with Crippen LogP contribution in [0.3, 0.4) is 0 Å². The summed E-state index contributed by atoms with van der Waals surface area (Å²) in [4.78, 5) is 25.5. The zero-order chi connectivity index (χ0) is 29.5. The van der Waals surface area contributed by atoms with Crippen LogP contribution in [0.1, 0.15) is 24.0 Å². The average molecular weight is 579 g/mol. The first-order valence-corrected chi connectivity index (χ1v) is 14.6. The van der Waals surface area contributed by atoms with Crippen molar-refractivity contribution in [1.82, 2.24) is 15.5 Å². The molecule has 3 aromatic carbocycles. The molecule has 1 heterocycles. The van der Waals surface area contributed by atoms with Gasteiger partial charge in [0.25, 0.3) is 0 Å². The van der Waals surface area contributed by atoms with E-state index in [1.807, 2.05) is 19.2 Å². The van der Waals surface area contributed by atoms with Crippen molar-refractivity contribution in [2.24, 2.45) is 0 Å². The third-order valence-electron chi connectivity index (χ3n) is 7.34. The summed E-state index contributed by atoms with van der Waals surface area (Å²) in [6.07, 6.45) is 6.53. The highest BCUT2D eigenvalue weighted by atomic mass is 35.5. The Kier molecular flexibility index (Phi) is 13.8. The minimum absolute atomic E-state index is 0.125. The van der Waals surface area contributed by atoms with Crippen LogP contribution in [0.25, 0.3) is 0 Å². The van der Waals surface area contributed by atoms with Gasteiger partial charge in [0.2, 0.25) is 0 Å². The number of fused-ring (bicyclic) bond motifs is 1. The highest BCUT2D eigenvalue weighted by molar-refractivity contribution is 6.30. The van der Waals surface area contributed by atoms with E-state index >= 15 is 0 Å². The minimum Gasteiger partial charge on any atom is -0.455 e. The summed E-state index contributed by atoms with van der Waals surface area (Å²) < 4.78 is 5.81. The first kappa shape index (κ1) is 32.3. The number of ether oxygens (including phenoxy) is 1. The first-order valence-electron chi connectivity index (χ1n) is 14.2. The van der Waals surface area contributed by atoms with Crippen molar-refractivity contribution in [3.63, 3.8) is 0 Å². The van der Waals surface area contributed by atoms with E-state index in [2.05, 4.69) is 53.9 Å². The van der Waals surface area contributed by atoms with Gasteiger partial charge in [-0.2, -0.15) is 0 Å². The van der Waals surface area contributed by atoms with E-state index < -0.39 is 0 Å². The normalized spacial score (nSPS) is 14.7. The van der Waals surface area contributed by atoms with Crippen molar-refractivity contribution in [1.29, 1.82) is 0 Å². The van der Waals surface area contributed by atoms with Gasteiger partial charge in [-0.25, -0.2) is 0 Å². The molecule has 0 saturated carbocycles. The number of anilines is 1. The molecule has 0 atom stereocenters. The van der Waals surface area contributed by atoms with Crippen LogP contribution in [0.5, 0.6) is 11.5 Å². The van der Waals surface area contributed by atoms with Gasteiger partial charge in [-0.1, -0.05) is 48.0 Å². The molecule has 1 saturated heterocycles. The maximum absolute atomic E-state index is 10.8. The summed E-state index contributed by atoms with van der Waals surface area (Å²) in [6.45, 7) is 2.62. The molecule has 1 fully saturated rings. The van der Waals surface area contributed by atoms with Crippen LogP contribution < -0.4 is 20.3 Å². The predicted octanol–water partition coefficient (Wildman–Crippen LogP) is 5.01. The second-order valence-electron chi connectivity index (χ2n) is 10.4. The molecule has 0 radical (unpaired) electrons. The van der Waals surface area contributed by atoms with Gasteiger partial charge in [-0.15, -0.1) is 0 Å². The number of hydrogen-bond donors (Lipinski definition) is 2.